The molecule has 1 aromatic rings. The highest BCUT2D eigenvalue weighted by Crippen LogP contribution is 2.22. The van der Waals surface area contributed by atoms with Gasteiger partial charge in [0, 0.05) is 17.3 Å². The summed E-state index contributed by atoms with van der Waals surface area (Å²) < 4.78 is 29.2. The van der Waals surface area contributed by atoms with Crippen molar-refractivity contribution >= 4 is 46.5 Å². The van der Waals surface area contributed by atoms with Gasteiger partial charge in [-0.05, 0) is 64.1 Å². The summed E-state index contributed by atoms with van der Waals surface area (Å²) in [5.74, 6) is 0. The van der Waals surface area contributed by atoms with E-state index in [1.807, 2.05) is 0 Å². The van der Waals surface area contributed by atoms with Gasteiger partial charge in [-0.15, -0.1) is 4.52 Å². The zero-order valence-corrected chi connectivity index (χ0v) is 23.7. The smallest absolute Gasteiger partial charge is 0.379 e. The fraction of sp³-hybridized carbons (Fsp3) is 0.750. The molecule has 0 aliphatic carbocycles. The van der Waals surface area contributed by atoms with Gasteiger partial charge in [0.25, 0.3) is 0 Å². The van der Waals surface area contributed by atoms with Crippen molar-refractivity contribution in [3.8, 4) is 0 Å². The predicted octanol–water partition coefficient (Wildman–Crippen LogP) is 7.92. The first-order valence-corrected chi connectivity index (χ1v) is 15.2. The minimum atomic E-state index is -1.60. The van der Waals surface area contributed by atoms with E-state index in [1.54, 1.807) is 7.11 Å². The first-order chi connectivity index (χ1) is 15.2. The number of ether oxygens (including phenoxy) is 2. The van der Waals surface area contributed by atoms with Crippen molar-refractivity contribution in [3.05, 3.63) is 33.4 Å². The summed E-state index contributed by atoms with van der Waals surface area (Å²) in [6.45, 7) is 1.58. The molecular formula is C24H40BrIO4P+. The number of unbranched alkanes of at least 4 members (excludes halogenated alkanes) is 9. The van der Waals surface area contributed by atoms with Gasteiger partial charge in [0.1, 0.15) is 12.7 Å². The van der Waals surface area contributed by atoms with Crippen molar-refractivity contribution in [1.82, 2.24) is 0 Å². The van der Waals surface area contributed by atoms with E-state index in [0.717, 1.165) is 13.0 Å². The van der Waals surface area contributed by atoms with E-state index in [-0.39, 0.29) is 6.10 Å². The summed E-state index contributed by atoms with van der Waals surface area (Å²) in [5.41, 5.74) is 1.48. The van der Waals surface area contributed by atoms with E-state index in [0.29, 0.717) is 24.7 Å². The molecular weight excluding hydrogens is 590 g/mol. The van der Waals surface area contributed by atoms with Crippen LogP contribution >= 0.6 is 46.5 Å². The lowest BCUT2D eigenvalue weighted by Crippen LogP contribution is -2.23. The van der Waals surface area contributed by atoms with Crippen LogP contribution in [0.25, 0.3) is 0 Å². The average Bonchev–Trinajstić information content (AvgIpc) is 2.76. The number of rotatable bonds is 21. The lowest BCUT2D eigenvalue weighted by atomic mass is 10.0. The highest BCUT2D eigenvalue weighted by atomic mass is 127. The van der Waals surface area contributed by atoms with Crippen molar-refractivity contribution in [2.24, 2.45) is 0 Å². The number of aryl methyl sites for hydroxylation is 1. The van der Waals surface area contributed by atoms with E-state index < -0.39 is 8.03 Å². The van der Waals surface area contributed by atoms with E-state index in [2.05, 4.69) is 62.8 Å². The lowest BCUT2D eigenvalue weighted by molar-refractivity contribution is -0.0138. The Morgan fingerprint density at radius 3 is 2.23 bits per heavy atom. The molecule has 0 heterocycles. The van der Waals surface area contributed by atoms with Crippen LogP contribution in [-0.4, -0.2) is 44.5 Å². The highest BCUT2D eigenvalue weighted by Gasteiger charge is 2.19. The van der Waals surface area contributed by atoms with Gasteiger partial charge in [0.15, 0.2) is 6.16 Å². The third-order valence-electron chi connectivity index (χ3n) is 5.20. The third kappa shape index (κ3) is 17.5. The quantitative estimate of drug-likeness (QED) is 0.0600. The Labute approximate surface area is 212 Å². The molecule has 0 spiro atoms. The second-order valence-corrected chi connectivity index (χ2v) is 11.3. The normalized spacial score (nSPS) is 12.8. The van der Waals surface area contributed by atoms with Gasteiger partial charge in [0.05, 0.1) is 11.9 Å². The first-order valence-electron chi connectivity index (χ1n) is 11.6. The van der Waals surface area contributed by atoms with Gasteiger partial charge in [-0.3, -0.25) is 0 Å². The Hall–Kier alpha value is 0.410. The van der Waals surface area contributed by atoms with Crippen LogP contribution in [0.2, 0.25) is 0 Å². The van der Waals surface area contributed by atoms with Crippen LogP contribution in [-0.2, 0) is 25.0 Å². The summed E-state index contributed by atoms with van der Waals surface area (Å²) >= 11 is 5.65. The number of hydrogen-bond donors (Lipinski definition) is 0. The number of halogens is 2. The SMILES string of the molecule is COC(COCCCCCCCCCCCCc1cccc(I)c1)CO[P+](=O)CCBr. The van der Waals surface area contributed by atoms with Crippen LogP contribution < -0.4 is 0 Å². The van der Waals surface area contributed by atoms with Gasteiger partial charge >= 0.3 is 8.03 Å². The van der Waals surface area contributed by atoms with Crippen LogP contribution in [0, 0.1) is 3.57 Å². The number of methoxy groups -OCH3 is 1. The van der Waals surface area contributed by atoms with Gasteiger partial charge in [-0.2, -0.15) is 0 Å². The fourth-order valence-electron chi connectivity index (χ4n) is 3.34. The molecule has 0 aromatic heterocycles. The summed E-state index contributed by atoms with van der Waals surface area (Å²) in [5, 5.41) is 0.685. The maximum Gasteiger partial charge on any atom is 0.509 e. The van der Waals surface area contributed by atoms with Crippen LogP contribution in [0.15, 0.2) is 24.3 Å². The standard InChI is InChI=1S/C24H40BrIO4P/c1-28-24(21-30-31(27)18-16-25)20-29-17-11-9-7-5-3-2-4-6-8-10-13-22-14-12-15-23(26)19-22/h12,14-15,19,24H,2-11,13,16-18,20-21H2,1H3/q+1. The molecule has 0 saturated carbocycles. The molecule has 2 unspecified atom stereocenters. The molecule has 0 aliphatic rings. The monoisotopic (exact) mass is 629 g/mol. The Morgan fingerprint density at radius 1 is 0.968 bits per heavy atom. The molecule has 7 heteroatoms. The van der Waals surface area contributed by atoms with E-state index >= 15 is 0 Å². The predicted molar refractivity (Wildman–Crippen MR) is 143 cm³/mol. The average molecular weight is 630 g/mol. The highest BCUT2D eigenvalue weighted by molar-refractivity contribution is 14.1. The van der Waals surface area contributed by atoms with Crippen molar-refractivity contribution in [2.45, 2.75) is 76.7 Å². The molecule has 1 aromatic carbocycles. The maximum absolute atomic E-state index is 11.5. The van der Waals surface area contributed by atoms with Gasteiger partial charge < -0.3 is 9.47 Å². The molecule has 31 heavy (non-hydrogen) atoms. The molecule has 0 aliphatic heterocycles. The summed E-state index contributed by atoms with van der Waals surface area (Å²) in [4.78, 5) is 0. The van der Waals surface area contributed by atoms with Crippen LogP contribution in [0.5, 0.6) is 0 Å². The molecule has 4 nitrogen and oxygen atoms in total. The van der Waals surface area contributed by atoms with Gasteiger partial charge in [-0.25, -0.2) is 0 Å². The lowest BCUT2D eigenvalue weighted by Gasteiger charge is -2.12. The number of hydrogen-bond acceptors (Lipinski definition) is 4. The Morgan fingerprint density at radius 2 is 1.61 bits per heavy atom. The fourth-order valence-corrected chi connectivity index (χ4v) is 5.41. The largest absolute Gasteiger partial charge is 0.509 e. The maximum atomic E-state index is 11.5. The molecule has 178 valence electrons. The summed E-state index contributed by atoms with van der Waals surface area (Å²) in [6.07, 6.45) is 14.7. The second-order valence-electron chi connectivity index (χ2n) is 7.89. The molecule has 1 rings (SSSR count). The zero-order valence-electron chi connectivity index (χ0n) is 19.0. The Kier molecular flexibility index (Phi) is 19.9. The second kappa shape index (κ2) is 21.0. The van der Waals surface area contributed by atoms with Crippen LogP contribution in [0.1, 0.15) is 69.8 Å². The van der Waals surface area contributed by atoms with Crippen molar-refractivity contribution in [3.63, 3.8) is 0 Å². The molecule has 0 bridgehead atoms. The molecule has 0 radical (unpaired) electrons. The van der Waals surface area contributed by atoms with E-state index in [1.165, 1.54) is 73.3 Å². The molecule has 2 atom stereocenters. The molecule has 0 amide bonds. The van der Waals surface area contributed by atoms with Crippen LogP contribution in [0.3, 0.4) is 0 Å². The first kappa shape index (κ1) is 29.4. The van der Waals surface area contributed by atoms with E-state index in [9.17, 15) is 4.57 Å². The van der Waals surface area contributed by atoms with Crippen LogP contribution in [0.4, 0.5) is 0 Å². The van der Waals surface area contributed by atoms with Crippen molar-refractivity contribution < 1.29 is 18.6 Å². The van der Waals surface area contributed by atoms with Gasteiger partial charge in [-0.1, -0.05) is 79.4 Å². The Balaban J connectivity index is 1.83. The third-order valence-corrected chi connectivity index (χ3v) is 7.91. The number of benzene rings is 1. The zero-order chi connectivity index (χ0) is 22.6. The summed E-state index contributed by atoms with van der Waals surface area (Å²) in [6, 6.07) is 8.86. The van der Waals surface area contributed by atoms with Crippen molar-refractivity contribution in [2.75, 3.05) is 38.4 Å². The van der Waals surface area contributed by atoms with E-state index in [4.69, 9.17) is 14.0 Å². The molecule has 0 N–H and O–H groups in total. The Bertz CT molecular complexity index is 576. The van der Waals surface area contributed by atoms with Gasteiger partial charge in [0.2, 0.25) is 0 Å². The molecule has 0 saturated heterocycles. The summed E-state index contributed by atoms with van der Waals surface area (Å²) in [7, 11) is 0.0384. The van der Waals surface area contributed by atoms with Crippen molar-refractivity contribution in [1.29, 1.82) is 0 Å². The minimum Gasteiger partial charge on any atom is -0.379 e. The molecule has 0 fully saturated rings. The topological polar surface area (TPSA) is 44.8 Å². The minimum absolute atomic E-state index is 0.147. The number of alkyl halides is 1.